The number of methoxy groups -OCH3 is 1. The molecule has 0 bridgehead atoms. The molecule has 2 atom stereocenters. The monoisotopic (exact) mass is 554 g/mol. The van der Waals surface area contributed by atoms with Crippen molar-refractivity contribution < 1.29 is 37.2 Å². The predicted molar refractivity (Wildman–Crippen MR) is 137 cm³/mol. The van der Waals surface area contributed by atoms with Gasteiger partial charge < -0.3 is 14.4 Å². The molecule has 1 aliphatic rings. The van der Waals surface area contributed by atoms with Crippen molar-refractivity contribution in [2.24, 2.45) is 0 Å². The molecular weight excluding hydrogens is 520 g/mol. The van der Waals surface area contributed by atoms with Gasteiger partial charge in [0.25, 0.3) is 21.6 Å². The third-order valence-electron chi connectivity index (χ3n) is 5.27. The molecule has 0 saturated heterocycles. The van der Waals surface area contributed by atoms with Crippen LogP contribution in [-0.2, 0) is 29.1 Å². The van der Waals surface area contributed by atoms with E-state index in [9.17, 15) is 28.1 Å². The molecule has 210 valence electrons. The van der Waals surface area contributed by atoms with Crippen molar-refractivity contribution in [3.63, 3.8) is 0 Å². The number of hydroxylamine groups is 1. The largest absolute Gasteiger partial charge is 0.444 e. The molecule has 0 aliphatic carbocycles. The van der Waals surface area contributed by atoms with Crippen LogP contribution in [0.5, 0.6) is 0 Å². The number of nitrogens with zero attached hydrogens (tertiary/aromatic N) is 4. The first-order chi connectivity index (χ1) is 17.7. The molecule has 2 amide bonds. The average Bonchev–Trinajstić information content (AvgIpc) is 2.83. The minimum absolute atomic E-state index is 0.0110. The lowest BCUT2D eigenvalue weighted by Gasteiger charge is -2.41. The number of likely N-dealkylation sites (N-methyl/N-ethyl adjacent to an activating group) is 1. The molecule has 13 nitrogen and oxygen atoms in total. The normalized spacial score (nSPS) is 18.1. The van der Waals surface area contributed by atoms with Crippen molar-refractivity contribution in [2.45, 2.75) is 43.4 Å². The second-order valence-electron chi connectivity index (χ2n) is 9.56. The van der Waals surface area contributed by atoms with Crippen molar-refractivity contribution in [3.05, 3.63) is 58.7 Å². The number of hydrogen-bond acceptors (Lipinski definition) is 9. The highest BCUT2D eigenvalue weighted by molar-refractivity contribution is 7.89. The highest BCUT2D eigenvalue weighted by Gasteiger charge is 2.46. The van der Waals surface area contributed by atoms with Crippen LogP contribution in [0.25, 0.3) is 0 Å². The fourth-order valence-corrected chi connectivity index (χ4v) is 5.26. The van der Waals surface area contributed by atoms with E-state index in [1.54, 1.807) is 20.8 Å². The molecule has 0 saturated carbocycles. The van der Waals surface area contributed by atoms with Crippen molar-refractivity contribution in [2.75, 3.05) is 41.0 Å². The summed E-state index contributed by atoms with van der Waals surface area (Å²) in [6.45, 7) is 7.86. The quantitative estimate of drug-likeness (QED) is 0.241. The Balaban J connectivity index is 2.77. The van der Waals surface area contributed by atoms with Crippen LogP contribution in [0.2, 0.25) is 0 Å². The van der Waals surface area contributed by atoms with E-state index in [4.69, 9.17) is 14.3 Å². The molecule has 0 aromatic heterocycles. The van der Waals surface area contributed by atoms with Crippen molar-refractivity contribution in [1.82, 2.24) is 14.3 Å². The van der Waals surface area contributed by atoms with E-state index in [0.717, 1.165) is 12.1 Å². The molecule has 0 N–H and O–H groups in total. The lowest BCUT2D eigenvalue weighted by molar-refractivity contribution is -0.388. The van der Waals surface area contributed by atoms with E-state index in [1.807, 2.05) is 0 Å². The molecule has 0 radical (unpaired) electrons. The zero-order valence-corrected chi connectivity index (χ0v) is 23.1. The van der Waals surface area contributed by atoms with Crippen LogP contribution in [0.4, 0.5) is 10.5 Å². The minimum Gasteiger partial charge on any atom is -0.444 e. The molecule has 1 aromatic rings. The van der Waals surface area contributed by atoms with E-state index in [0.29, 0.717) is 4.47 Å². The summed E-state index contributed by atoms with van der Waals surface area (Å²) in [5.74, 6) is -0.551. The fraction of sp³-hybridized carbons (Fsp3) is 0.500. The Morgan fingerprint density at radius 2 is 1.89 bits per heavy atom. The summed E-state index contributed by atoms with van der Waals surface area (Å²) in [6.07, 6.45) is 1.92. The Kier molecular flexibility index (Phi) is 10.1. The molecule has 1 aromatic carbocycles. The number of para-hydroxylation sites is 1. The summed E-state index contributed by atoms with van der Waals surface area (Å²) in [4.78, 5) is 44.6. The molecule has 0 fully saturated rings. The summed E-state index contributed by atoms with van der Waals surface area (Å²) < 4.78 is 39.0. The van der Waals surface area contributed by atoms with Gasteiger partial charge in [0.2, 0.25) is 0 Å². The van der Waals surface area contributed by atoms with Crippen LogP contribution in [0, 0.1) is 10.1 Å². The van der Waals surface area contributed by atoms with Gasteiger partial charge in [-0.05, 0) is 32.9 Å². The van der Waals surface area contributed by atoms with E-state index in [1.165, 1.54) is 55.3 Å². The van der Waals surface area contributed by atoms with Gasteiger partial charge in [0.15, 0.2) is 4.90 Å². The summed E-state index contributed by atoms with van der Waals surface area (Å²) >= 11 is 0. The summed E-state index contributed by atoms with van der Waals surface area (Å²) in [6, 6.07) is 2.60. The summed E-state index contributed by atoms with van der Waals surface area (Å²) in [5, 5.41) is 11.6. The number of nitro benzene ring substituents is 1. The Morgan fingerprint density at radius 1 is 1.26 bits per heavy atom. The first-order valence-electron chi connectivity index (χ1n) is 11.6. The van der Waals surface area contributed by atoms with Gasteiger partial charge in [0.05, 0.1) is 30.2 Å². The van der Waals surface area contributed by atoms with Crippen LogP contribution >= 0.6 is 0 Å². The molecule has 38 heavy (non-hydrogen) atoms. The second-order valence-corrected chi connectivity index (χ2v) is 11.3. The fourth-order valence-electron chi connectivity index (χ4n) is 3.70. The van der Waals surface area contributed by atoms with Gasteiger partial charge in [-0.2, -0.15) is 0 Å². The smallest absolute Gasteiger partial charge is 0.410 e. The number of benzene rings is 1. The topological polar surface area (TPSA) is 149 Å². The highest BCUT2D eigenvalue weighted by Crippen LogP contribution is 2.32. The first kappa shape index (κ1) is 30.9. The van der Waals surface area contributed by atoms with Crippen molar-refractivity contribution in [3.8, 4) is 0 Å². The lowest BCUT2D eigenvalue weighted by Crippen LogP contribution is -2.58. The molecule has 14 heteroatoms. The van der Waals surface area contributed by atoms with Gasteiger partial charge in [-0.1, -0.05) is 22.7 Å². The third-order valence-corrected chi connectivity index (χ3v) is 7.01. The Labute approximate surface area is 222 Å². The zero-order chi connectivity index (χ0) is 28.8. The number of amides is 2. The number of nitro groups is 1. The molecule has 0 spiro atoms. The second kappa shape index (κ2) is 12.5. The number of carbonyl (C=O) groups excluding carboxylic acids is 2. The average molecular weight is 555 g/mol. The maximum absolute atomic E-state index is 13.9. The van der Waals surface area contributed by atoms with E-state index in [2.05, 4.69) is 6.58 Å². The number of rotatable bonds is 10. The molecule has 2 rings (SSSR count). The SMILES string of the molecule is C=CCON([C@H]1CN(C(=O)OC(C)(C)C)[C@H](COC)C=C1C(=O)N(C)C)S(=O)(=O)c1ccccc1[N+](=O)[O-]. The number of sulfonamides is 1. The van der Waals surface area contributed by atoms with E-state index < -0.39 is 55.2 Å². The minimum atomic E-state index is -4.75. The third kappa shape index (κ3) is 7.16. The first-order valence-corrected chi connectivity index (χ1v) is 13.0. The summed E-state index contributed by atoms with van der Waals surface area (Å²) in [7, 11) is -0.372. The number of hydrogen-bond donors (Lipinski definition) is 0. The van der Waals surface area contributed by atoms with Gasteiger partial charge in [-0.15, -0.1) is 6.58 Å². The van der Waals surface area contributed by atoms with Gasteiger partial charge in [-0.25, -0.2) is 13.2 Å². The van der Waals surface area contributed by atoms with Gasteiger partial charge >= 0.3 is 6.09 Å². The maximum atomic E-state index is 13.9. The van der Waals surface area contributed by atoms with Gasteiger partial charge in [-0.3, -0.25) is 24.6 Å². The zero-order valence-electron chi connectivity index (χ0n) is 22.3. The Morgan fingerprint density at radius 3 is 2.42 bits per heavy atom. The van der Waals surface area contributed by atoms with Crippen LogP contribution in [0.15, 0.2) is 53.5 Å². The Hall–Kier alpha value is -3.33. The maximum Gasteiger partial charge on any atom is 0.410 e. The molecule has 1 aliphatic heterocycles. The standard InChI is InChI=1S/C24H34N4O9S/c1-8-13-36-28(38(33,34)21-12-10-9-11-19(21)27(31)32)20-15-26(23(30)37-24(2,3)4)17(16-35-7)14-18(20)22(29)25(5)6/h8-12,14,17,20H,1,13,15-16H2,2-7H3/t17-,20-/m0/s1. The lowest BCUT2D eigenvalue weighted by atomic mass is 9.97. The Bertz CT molecular complexity index is 1190. The van der Waals surface area contributed by atoms with E-state index in [-0.39, 0.29) is 25.3 Å². The van der Waals surface area contributed by atoms with Crippen molar-refractivity contribution >= 4 is 27.7 Å². The number of carbonyl (C=O) groups is 2. The van der Waals surface area contributed by atoms with Crippen LogP contribution in [-0.4, -0.2) is 98.3 Å². The molecule has 1 heterocycles. The van der Waals surface area contributed by atoms with Crippen LogP contribution < -0.4 is 0 Å². The van der Waals surface area contributed by atoms with Gasteiger partial charge in [0, 0.05) is 39.4 Å². The van der Waals surface area contributed by atoms with Crippen LogP contribution in [0.1, 0.15) is 20.8 Å². The number of ether oxygens (including phenoxy) is 2. The molecule has 0 unspecified atom stereocenters. The van der Waals surface area contributed by atoms with Crippen molar-refractivity contribution in [1.29, 1.82) is 0 Å². The molecular formula is C24H34N4O9S. The van der Waals surface area contributed by atoms with E-state index >= 15 is 0 Å². The summed E-state index contributed by atoms with van der Waals surface area (Å²) in [5.41, 5.74) is -1.56. The van der Waals surface area contributed by atoms with Crippen LogP contribution in [0.3, 0.4) is 0 Å². The highest BCUT2D eigenvalue weighted by atomic mass is 32.2. The predicted octanol–water partition coefficient (Wildman–Crippen LogP) is 2.35. The van der Waals surface area contributed by atoms with Gasteiger partial charge in [0.1, 0.15) is 5.60 Å².